The minimum absolute atomic E-state index is 0.341. The van der Waals surface area contributed by atoms with Gasteiger partial charge in [0.1, 0.15) is 0 Å². The molecule has 0 saturated heterocycles. The molecule has 0 N–H and O–H groups in total. The number of amides is 1. The first-order valence-corrected chi connectivity index (χ1v) is 6.67. The number of nitrogens with zero attached hydrogens (tertiary/aromatic N) is 1. The molecule has 1 heterocycles. The molecule has 0 radical (unpaired) electrons. The van der Waals surface area contributed by atoms with Gasteiger partial charge in [0.25, 0.3) is 0 Å². The maximum atomic E-state index is 12.1. The van der Waals surface area contributed by atoms with Crippen molar-refractivity contribution in [1.29, 1.82) is 0 Å². The van der Waals surface area contributed by atoms with Crippen LogP contribution < -0.4 is 0 Å². The molecular weight excluding hydrogens is 210 g/mol. The molecule has 1 aromatic carbocycles. The van der Waals surface area contributed by atoms with Crippen LogP contribution in [0.15, 0.2) is 24.3 Å². The Morgan fingerprint density at radius 1 is 1.12 bits per heavy atom. The smallest absolute Gasteiger partial charge is 0.223 e. The van der Waals surface area contributed by atoms with Crippen LogP contribution in [-0.2, 0) is 17.8 Å². The van der Waals surface area contributed by atoms with Gasteiger partial charge in [-0.25, -0.2) is 0 Å². The van der Waals surface area contributed by atoms with E-state index in [1.165, 1.54) is 30.4 Å². The van der Waals surface area contributed by atoms with Crippen molar-refractivity contribution < 1.29 is 4.79 Å². The van der Waals surface area contributed by atoms with Gasteiger partial charge in [-0.15, -0.1) is 0 Å². The monoisotopic (exact) mass is 229 g/mol. The van der Waals surface area contributed by atoms with Crippen LogP contribution in [-0.4, -0.2) is 17.4 Å². The maximum absolute atomic E-state index is 12.1. The Hall–Kier alpha value is -1.31. The van der Waals surface area contributed by atoms with E-state index in [9.17, 15) is 4.79 Å². The zero-order chi connectivity index (χ0) is 11.7. The van der Waals surface area contributed by atoms with Crippen LogP contribution in [0.5, 0.6) is 0 Å². The fourth-order valence-corrected chi connectivity index (χ4v) is 2.80. The molecule has 0 unspecified atom stereocenters. The van der Waals surface area contributed by atoms with Crippen molar-refractivity contribution in [2.24, 2.45) is 5.92 Å². The number of benzene rings is 1. The molecule has 0 atom stereocenters. The number of carbonyl (C=O) groups excluding carboxylic acids is 1. The third-order valence-corrected chi connectivity index (χ3v) is 4.14. The lowest BCUT2D eigenvalue weighted by molar-refractivity contribution is -0.132. The van der Waals surface area contributed by atoms with Crippen LogP contribution in [0.3, 0.4) is 0 Å². The molecular formula is C15H19NO. The van der Waals surface area contributed by atoms with Gasteiger partial charge in [-0.05, 0) is 36.3 Å². The molecule has 1 aromatic rings. The molecule has 0 aromatic heterocycles. The molecule has 2 heteroatoms. The molecule has 90 valence electrons. The molecule has 2 nitrogen and oxygen atoms in total. The van der Waals surface area contributed by atoms with Crippen LogP contribution in [0.25, 0.3) is 0 Å². The van der Waals surface area contributed by atoms with E-state index in [1.54, 1.807) is 0 Å². The Labute approximate surface area is 103 Å². The van der Waals surface area contributed by atoms with Crippen LogP contribution in [0, 0.1) is 5.92 Å². The number of hydrogen-bond acceptors (Lipinski definition) is 1. The summed E-state index contributed by atoms with van der Waals surface area (Å²) in [5.74, 6) is 1.11. The quantitative estimate of drug-likeness (QED) is 0.763. The maximum Gasteiger partial charge on any atom is 0.223 e. The van der Waals surface area contributed by atoms with Crippen molar-refractivity contribution >= 4 is 5.91 Å². The van der Waals surface area contributed by atoms with Gasteiger partial charge < -0.3 is 4.90 Å². The number of rotatable bonds is 2. The Kier molecular flexibility index (Phi) is 2.87. The zero-order valence-corrected chi connectivity index (χ0v) is 10.2. The van der Waals surface area contributed by atoms with Crippen molar-refractivity contribution in [2.45, 2.75) is 38.6 Å². The second kappa shape index (κ2) is 4.52. The van der Waals surface area contributed by atoms with E-state index >= 15 is 0 Å². The third kappa shape index (κ3) is 2.21. The normalized spacial score (nSPS) is 20.7. The van der Waals surface area contributed by atoms with E-state index in [4.69, 9.17) is 0 Å². The summed E-state index contributed by atoms with van der Waals surface area (Å²) in [6, 6.07) is 8.48. The lowest BCUT2D eigenvalue weighted by Gasteiger charge is -2.32. The Bertz CT molecular complexity index is 423. The topological polar surface area (TPSA) is 20.3 Å². The van der Waals surface area contributed by atoms with Crippen molar-refractivity contribution in [3.05, 3.63) is 35.4 Å². The average molecular weight is 229 g/mol. The van der Waals surface area contributed by atoms with E-state index in [1.807, 2.05) is 0 Å². The van der Waals surface area contributed by atoms with Crippen LogP contribution in [0.2, 0.25) is 0 Å². The van der Waals surface area contributed by atoms with Gasteiger partial charge in [0, 0.05) is 19.5 Å². The van der Waals surface area contributed by atoms with E-state index in [2.05, 4.69) is 29.2 Å². The van der Waals surface area contributed by atoms with Gasteiger partial charge in [-0.2, -0.15) is 0 Å². The molecule has 0 bridgehead atoms. The van der Waals surface area contributed by atoms with Gasteiger partial charge >= 0.3 is 0 Å². The molecule has 17 heavy (non-hydrogen) atoms. The van der Waals surface area contributed by atoms with Gasteiger partial charge in [0.2, 0.25) is 5.91 Å². The molecule has 1 aliphatic carbocycles. The Morgan fingerprint density at radius 2 is 1.88 bits per heavy atom. The summed E-state index contributed by atoms with van der Waals surface area (Å²) in [7, 11) is 0. The first kappa shape index (κ1) is 10.8. The van der Waals surface area contributed by atoms with E-state index in [-0.39, 0.29) is 0 Å². The number of carbonyl (C=O) groups is 1. The van der Waals surface area contributed by atoms with Crippen molar-refractivity contribution in [3.8, 4) is 0 Å². The first-order valence-electron chi connectivity index (χ1n) is 6.67. The summed E-state index contributed by atoms with van der Waals surface area (Å²) in [6.07, 6.45) is 5.57. The second-order valence-electron chi connectivity index (χ2n) is 5.34. The first-order chi connectivity index (χ1) is 8.33. The lowest BCUT2D eigenvalue weighted by Crippen LogP contribution is -2.36. The van der Waals surface area contributed by atoms with Crippen molar-refractivity contribution in [2.75, 3.05) is 6.54 Å². The zero-order valence-electron chi connectivity index (χ0n) is 10.2. The Morgan fingerprint density at radius 3 is 2.59 bits per heavy atom. The van der Waals surface area contributed by atoms with Crippen LogP contribution in [0.1, 0.15) is 36.8 Å². The van der Waals surface area contributed by atoms with E-state index in [0.717, 1.165) is 25.4 Å². The largest absolute Gasteiger partial charge is 0.338 e. The minimum Gasteiger partial charge on any atom is -0.338 e. The fraction of sp³-hybridized carbons (Fsp3) is 0.533. The minimum atomic E-state index is 0.341. The SMILES string of the molecule is O=C1CCc2ccccc2CN1CC1CCC1. The van der Waals surface area contributed by atoms with E-state index in [0.29, 0.717) is 12.3 Å². The highest BCUT2D eigenvalue weighted by Crippen LogP contribution is 2.29. The summed E-state index contributed by atoms with van der Waals surface area (Å²) in [5, 5.41) is 0. The second-order valence-corrected chi connectivity index (χ2v) is 5.34. The number of aryl methyl sites for hydroxylation is 1. The van der Waals surface area contributed by atoms with Crippen molar-refractivity contribution in [3.63, 3.8) is 0 Å². The van der Waals surface area contributed by atoms with Gasteiger partial charge in [0.15, 0.2) is 0 Å². The highest BCUT2D eigenvalue weighted by atomic mass is 16.2. The van der Waals surface area contributed by atoms with Gasteiger partial charge in [-0.3, -0.25) is 4.79 Å². The predicted molar refractivity (Wildman–Crippen MR) is 67.5 cm³/mol. The molecule has 2 aliphatic rings. The average Bonchev–Trinajstić information content (AvgIpc) is 2.44. The summed E-state index contributed by atoms with van der Waals surface area (Å²) < 4.78 is 0. The number of fused-ring (bicyclic) bond motifs is 1. The predicted octanol–water partition coefficient (Wildman–Crippen LogP) is 2.76. The van der Waals surface area contributed by atoms with Crippen molar-refractivity contribution in [1.82, 2.24) is 4.90 Å². The summed E-state index contributed by atoms with van der Waals surface area (Å²) in [6.45, 7) is 1.80. The third-order valence-electron chi connectivity index (χ3n) is 4.14. The lowest BCUT2D eigenvalue weighted by atomic mass is 9.85. The highest BCUT2D eigenvalue weighted by Gasteiger charge is 2.25. The molecule has 0 spiro atoms. The fourth-order valence-electron chi connectivity index (χ4n) is 2.80. The Balaban J connectivity index is 1.77. The molecule has 1 saturated carbocycles. The summed E-state index contributed by atoms with van der Waals surface area (Å²) >= 11 is 0. The highest BCUT2D eigenvalue weighted by molar-refractivity contribution is 5.77. The van der Waals surface area contributed by atoms with Gasteiger partial charge in [0.05, 0.1) is 0 Å². The number of hydrogen-bond donors (Lipinski definition) is 0. The molecule has 3 rings (SSSR count). The van der Waals surface area contributed by atoms with Gasteiger partial charge in [-0.1, -0.05) is 30.7 Å². The summed E-state index contributed by atoms with van der Waals surface area (Å²) in [4.78, 5) is 14.2. The molecule has 1 aliphatic heterocycles. The van der Waals surface area contributed by atoms with Crippen LogP contribution >= 0.6 is 0 Å². The van der Waals surface area contributed by atoms with Crippen LogP contribution in [0.4, 0.5) is 0 Å². The van der Waals surface area contributed by atoms with E-state index < -0.39 is 0 Å². The summed E-state index contributed by atoms with van der Waals surface area (Å²) in [5.41, 5.74) is 2.70. The molecule has 1 amide bonds. The standard InChI is InChI=1S/C15H19NO/c17-15-9-8-13-6-1-2-7-14(13)11-16(15)10-12-4-3-5-12/h1-2,6-7,12H,3-5,8-11H2. The molecule has 1 fully saturated rings.